The summed E-state index contributed by atoms with van der Waals surface area (Å²) in [5.74, 6) is 1.43. The lowest BCUT2D eigenvalue weighted by Crippen LogP contribution is -2.19. The first kappa shape index (κ1) is 20.1. The van der Waals surface area contributed by atoms with Gasteiger partial charge in [-0.2, -0.15) is 0 Å². The van der Waals surface area contributed by atoms with E-state index in [-0.39, 0.29) is 29.8 Å². The first-order valence-electron chi connectivity index (χ1n) is 9.01. The number of amides is 2. The molecule has 0 spiro atoms. The van der Waals surface area contributed by atoms with E-state index in [2.05, 4.69) is 10.6 Å². The Morgan fingerprint density at radius 3 is 2.46 bits per heavy atom. The number of rotatable bonds is 6. The third kappa shape index (κ3) is 5.92. The van der Waals surface area contributed by atoms with Gasteiger partial charge >= 0.3 is 0 Å². The molecular weight excluding hydrogens is 376 g/mol. The van der Waals surface area contributed by atoms with Gasteiger partial charge in [0, 0.05) is 28.8 Å². The molecule has 0 saturated heterocycles. The van der Waals surface area contributed by atoms with Crippen LogP contribution in [0.1, 0.15) is 27.2 Å². The lowest BCUT2D eigenvalue weighted by Gasteiger charge is -2.17. The first-order valence-corrected chi connectivity index (χ1v) is 9.99. The molecule has 148 valence electrons. The molecule has 6 nitrogen and oxygen atoms in total. The van der Waals surface area contributed by atoms with Crippen molar-refractivity contribution in [2.75, 3.05) is 23.2 Å². The van der Waals surface area contributed by atoms with Gasteiger partial charge in [-0.3, -0.25) is 9.59 Å². The average molecular weight is 401 g/mol. The Kier molecular flexibility index (Phi) is 6.14. The van der Waals surface area contributed by atoms with Crippen LogP contribution in [-0.2, 0) is 9.59 Å². The van der Waals surface area contributed by atoms with E-state index in [9.17, 15) is 9.59 Å². The fourth-order valence-electron chi connectivity index (χ4n) is 2.67. The van der Waals surface area contributed by atoms with Gasteiger partial charge in [-0.05, 0) is 35.7 Å². The highest BCUT2D eigenvalue weighted by atomic mass is 32.2. The summed E-state index contributed by atoms with van der Waals surface area (Å²) >= 11 is 1.41. The minimum absolute atomic E-state index is 0.0183. The van der Waals surface area contributed by atoms with Crippen molar-refractivity contribution in [2.45, 2.75) is 32.1 Å². The van der Waals surface area contributed by atoms with Crippen molar-refractivity contribution in [1.82, 2.24) is 0 Å². The van der Waals surface area contributed by atoms with Crippen molar-refractivity contribution in [2.24, 2.45) is 5.41 Å². The Hall–Kier alpha value is -2.67. The zero-order valence-electron chi connectivity index (χ0n) is 16.2. The number of hydrogen-bond acceptors (Lipinski definition) is 5. The molecule has 1 aliphatic heterocycles. The molecule has 0 aliphatic carbocycles. The Labute approximate surface area is 169 Å². The van der Waals surface area contributed by atoms with Crippen LogP contribution in [0.3, 0.4) is 0 Å². The summed E-state index contributed by atoms with van der Waals surface area (Å²) in [5, 5.41) is 5.76. The number of carbonyl (C=O) groups excluding carboxylic acids is 2. The largest absolute Gasteiger partial charge is 0.454 e. The van der Waals surface area contributed by atoms with Crippen molar-refractivity contribution >= 4 is 35.0 Å². The summed E-state index contributed by atoms with van der Waals surface area (Å²) in [7, 11) is 0. The summed E-state index contributed by atoms with van der Waals surface area (Å²) in [4.78, 5) is 25.2. The molecule has 2 amide bonds. The van der Waals surface area contributed by atoms with Crippen molar-refractivity contribution < 1.29 is 19.1 Å². The van der Waals surface area contributed by atoms with E-state index < -0.39 is 0 Å². The minimum Gasteiger partial charge on any atom is -0.454 e. The number of carbonyl (C=O) groups is 2. The van der Waals surface area contributed by atoms with Crippen molar-refractivity contribution in [3.05, 3.63) is 42.5 Å². The Balaban J connectivity index is 1.51. The third-order valence-electron chi connectivity index (χ3n) is 3.83. The molecule has 0 bridgehead atoms. The molecule has 2 aromatic rings. The summed E-state index contributed by atoms with van der Waals surface area (Å²) < 4.78 is 10.6. The molecule has 0 aromatic heterocycles. The van der Waals surface area contributed by atoms with E-state index in [4.69, 9.17) is 9.47 Å². The standard InChI is InChI=1S/C21H24N2O4S/c1-21(2,3)11-19(24)22-14-5-4-6-16(9-14)28-12-20(25)23-15-7-8-17-18(10-15)27-13-26-17/h4-10H,11-13H2,1-3H3,(H,22,24)(H,23,25). The topological polar surface area (TPSA) is 76.7 Å². The van der Waals surface area contributed by atoms with Gasteiger partial charge in [0.2, 0.25) is 18.6 Å². The minimum atomic E-state index is -0.119. The second kappa shape index (κ2) is 8.56. The zero-order chi connectivity index (χ0) is 20.1. The van der Waals surface area contributed by atoms with Crippen LogP contribution >= 0.6 is 11.8 Å². The van der Waals surface area contributed by atoms with E-state index in [1.807, 2.05) is 45.0 Å². The Bertz CT molecular complexity index is 877. The number of ether oxygens (including phenoxy) is 2. The quantitative estimate of drug-likeness (QED) is 0.697. The molecular formula is C21H24N2O4S. The summed E-state index contributed by atoms with van der Waals surface area (Å²) in [6, 6.07) is 12.8. The maximum Gasteiger partial charge on any atom is 0.234 e. The molecule has 1 heterocycles. The number of anilines is 2. The van der Waals surface area contributed by atoms with Crippen LogP contribution in [0.25, 0.3) is 0 Å². The van der Waals surface area contributed by atoms with Crippen LogP contribution in [-0.4, -0.2) is 24.4 Å². The van der Waals surface area contributed by atoms with E-state index >= 15 is 0 Å². The maximum absolute atomic E-state index is 12.2. The van der Waals surface area contributed by atoms with Crippen LogP contribution in [0, 0.1) is 5.41 Å². The zero-order valence-corrected chi connectivity index (χ0v) is 17.0. The smallest absolute Gasteiger partial charge is 0.234 e. The van der Waals surface area contributed by atoms with Crippen molar-refractivity contribution in [3.63, 3.8) is 0 Å². The van der Waals surface area contributed by atoms with Gasteiger partial charge in [0.15, 0.2) is 11.5 Å². The molecule has 0 radical (unpaired) electrons. The number of nitrogens with one attached hydrogen (secondary N) is 2. The normalized spacial score (nSPS) is 12.5. The van der Waals surface area contributed by atoms with E-state index in [0.717, 1.165) is 10.6 Å². The number of hydrogen-bond donors (Lipinski definition) is 2. The van der Waals surface area contributed by atoms with Gasteiger partial charge < -0.3 is 20.1 Å². The fraction of sp³-hybridized carbons (Fsp3) is 0.333. The molecule has 7 heteroatoms. The summed E-state index contributed by atoms with van der Waals surface area (Å²) in [6.45, 7) is 6.28. The molecule has 0 unspecified atom stereocenters. The lowest BCUT2D eigenvalue weighted by atomic mass is 9.92. The average Bonchev–Trinajstić information content (AvgIpc) is 3.06. The number of thioether (sulfide) groups is 1. The van der Waals surface area contributed by atoms with Crippen molar-refractivity contribution in [3.8, 4) is 11.5 Å². The Morgan fingerprint density at radius 1 is 0.964 bits per heavy atom. The predicted molar refractivity (Wildman–Crippen MR) is 111 cm³/mol. The maximum atomic E-state index is 12.2. The highest BCUT2D eigenvalue weighted by Crippen LogP contribution is 2.34. The predicted octanol–water partition coefficient (Wildman–Crippen LogP) is 4.52. The number of benzene rings is 2. The van der Waals surface area contributed by atoms with Crippen LogP contribution in [0.5, 0.6) is 11.5 Å². The molecule has 28 heavy (non-hydrogen) atoms. The van der Waals surface area contributed by atoms with Crippen LogP contribution in [0.2, 0.25) is 0 Å². The first-order chi connectivity index (χ1) is 13.3. The van der Waals surface area contributed by atoms with Gasteiger partial charge in [-0.25, -0.2) is 0 Å². The highest BCUT2D eigenvalue weighted by Gasteiger charge is 2.16. The van der Waals surface area contributed by atoms with E-state index in [1.54, 1.807) is 18.2 Å². The van der Waals surface area contributed by atoms with E-state index in [0.29, 0.717) is 23.6 Å². The molecule has 2 N–H and O–H groups in total. The fourth-order valence-corrected chi connectivity index (χ4v) is 3.43. The second-order valence-electron chi connectivity index (χ2n) is 7.72. The third-order valence-corrected chi connectivity index (χ3v) is 4.83. The molecule has 1 aliphatic rings. The summed E-state index contributed by atoms with van der Waals surface area (Å²) in [6.07, 6.45) is 0.447. The molecule has 0 atom stereocenters. The van der Waals surface area contributed by atoms with Crippen molar-refractivity contribution in [1.29, 1.82) is 0 Å². The highest BCUT2D eigenvalue weighted by molar-refractivity contribution is 8.00. The summed E-state index contributed by atoms with van der Waals surface area (Å²) in [5.41, 5.74) is 1.33. The second-order valence-corrected chi connectivity index (χ2v) is 8.77. The van der Waals surface area contributed by atoms with Gasteiger partial charge in [-0.1, -0.05) is 26.8 Å². The lowest BCUT2D eigenvalue weighted by molar-refractivity contribution is -0.118. The SMILES string of the molecule is CC(C)(C)CC(=O)Nc1cccc(SCC(=O)Nc2ccc3c(c2)OCO3)c1. The number of fused-ring (bicyclic) bond motifs is 1. The van der Waals surface area contributed by atoms with Gasteiger partial charge in [0.25, 0.3) is 0 Å². The van der Waals surface area contributed by atoms with Crippen LogP contribution in [0.4, 0.5) is 11.4 Å². The monoisotopic (exact) mass is 400 g/mol. The van der Waals surface area contributed by atoms with Gasteiger partial charge in [0.1, 0.15) is 0 Å². The van der Waals surface area contributed by atoms with Crippen LogP contribution in [0.15, 0.2) is 47.4 Å². The van der Waals surface area contributed by atoms with Gasteiger partial charge in [0.05, 0.1) is 5.75 Å². The molecule has 0 saturated carbocycles. The van der Waals surface area contributed by atoms with Crippen LogP contribution < -0.4 is 20.1 Å². The molecule has 3 rings (SSSR count). The molecule has 0 fully saturated rings. The molecule has 2 aromatic carbocycles. The Morgan fingerprint density at radius 2 is 1.68 bits per heavy atom. The van der Waals surface area contributed by atoms with Gasteiger partial charge in [-0.15, -0.1) is 11.8 Å². The van der Waals surface area contributed by atoms with E-state index in [1.165, 1.54) is 11.8 Å².